The number of rotatable bonds is 5. The Hall–Kier alpha value is -1.95. The van der Waals surface area contributed by atoms with Gasteiger partial charge in [-0.05, 0) is 18.6 Å². The van der Waals surface area contributed by atoms with E-state index in [-0.39, 0.29) is 18.2 Å². The maximum Gasteiger partial charge on any atom is 0.242 e. The maximum atomic E-state index is 11.7. The second-order valence-electron chi connectivity index (χ2n) is 4.14. The third-order valence-corrected chi connectivity index (χ3v) is 2.42. The number of hydrogen-bond acceptors (Lipinski definition) is 4. The SMILES string of the molecule is CN(C)C(=O)CC[C@H](N)C(=O)Nc1ccccn1. The summed E-state index contributed by atoms with van der Waals surface area (Å²) in [5.74, 6) is 0.0771. The van der Waals surface area contributed by atoms with Crippen LogP contribution in [0.15, 0.2) is 24.4 Å². The van der Waals surface area contributed by atoms with Crippen LogP contribution >= 0.6 is 0 Å². The van der Waals surface area contributed by atoms with Gasteiger partial charge in [0.25, 0.3) is 0 Å². The lowest BCUT2D eigenvalue weighted by Crippen LogP contribution is -2.37. The van der Waals surface area contributed by atoms with Crippen molar-refractivity contribution in [2.75, 3.05) is 19.4 Å². The summed E-state index contributed by atoms with van der Waals surface area (Å²) in [5, 5.41) is 2.59. The van der Waals surface area contributed by atoms with Gasteiger partial charge in [-0.25, -0.2) is 4.98 Å². The fourth-order valence-corrected chi connectivity index (χ4v) is 1.29. The molecule has 3 N–H and O–H groups in total. The topological polar surface area (TPSA) is 88.3 Å². The number of pyridine rings is 1. The Kier molecular flexibility index (Phi) is 5.26. The molecule has 0 aliphatic carbocycles. The van der Waals surface area contributed by atoms with Crippen LogP contribution in [0.4, 0.5) is 5.82 Å². The molecule has 1 aromatic rings. The second-order valence-corrected chi connectivity index (χ2v) is 4.14. The quantitative estimate of drug-likeness (QED) is 0.782. The van der Waals surface area contributed by atoms with E-state index in [0.717, 1.165) is 0 Å². The van der Waals surface area contributed by atoms with Crippen LogP contribution in [0.5, 0.6) is 0 Å². The maximum absolute atomic E-state index is 11.7. The zero-order chi connectivity index (χ0) is 13.5. The highest BCUT2D eigenvalue weighted by Gasteiger charge is 2.16. The molecular formula is C12H18N4O2. The smallest absolute Gasteiger partial charge is 0.242 e. The lowest BCUT2D eigenvalue weighted by atomic mass is 10.1. The van der Waals surface area contributed by atoms with Gasteiger partial charge < -0.3 is 16.0 Å². The number of aromatic nitrogens is 1. The fourth-order valence-electron chi connectivity index (χ4n) is 1.29. The van der Waals surface area contributed by atoms with Gasteiger partial charge in [0.05, 0.1) is 6.04 Å². The Bertz CT molecular complexity index is 406. The van der Waals surface area contributed by atoms with Gasteiger partial charge >= 0.3 is 0 Å². The minimum absolute atomic E-state index is 0.0453. The van der Waals surface area contributed by atoms with E-state index in [9.17, 15) is 9.59 Å². The highest BCUT2D eigenvalue weighted by Crippen LogP contribution is 2.03. The second kappa shape index (κ2) is 6.70. The van der Waals surface area contributed by atoms with E-state index in [0.29, 0.717) is 12.2 Å². The summed E-state index contributed by atoms with van der Waals surface area (Å²) in [6.07, 6.45) is 2.15. The molecule has 6 heteroatoms. The predicted molar refractivity (Wildman–Crippen MR) is 68.8 cm³/mol. The van der Waals surface area contributed by atoms with Crippen molar-refractivity contribution < 1.29 is 9.59 Å². The van der Waals surface area contributed by atoms with Crippen molar-refractivity contribution >= 4 is 17.6 Å². The van der Waals surface area contributed by atoms with Gasteiger partial charge in [-0.2, -0.15) is 0 Å². The van der Waals surface area contributed by atoms with Gasteiger partial charge in [0.2, 0.25) is 11.8 Å². The van der Waals surface area contributed by atoms with Crippen molar-refractivity contribution in [1.82, 2.24) is 9.88 Å². The summed E-state index contributed by atoms with van der Waals surface area (Å²) in [4.78, 5) is 28.5. The molecule has 0 radical (unpaired) electrons. The van der Waals surface area contributed by atoms with Crippen LogP contribution < -0.4 is 11.1 Å². The lowest BCUT2D eigenvalue weighted by molar-refractivity contribution is -0.129. The summed E-state index contributed by atoms with van der Waals surface area (Å²) in [6, 6.07) is 4.49. The molecule has 0 aromatic carbocycles. The van der Waals surface area contributed by atoms with E-state index >= 15 is 0 Å². The highest BCUT2D eigenvalue weighted by molar-refractivity contribution is 5.94. The van der Waals surface area contributed by atoms with Crippen LogP contribution in [0, 0.1) is 0 Å². The molecule has 1 atom stereocenters. The molecule has 1 aromatic heterocycles. The molecule has 0 fully saturated rings. The summed E-state index contributed by atoms with van der Waals surface area (Å²) < 4.78 is 0. The minimum Gasteiger partial charge on any atom is -0.349 e. The molecule has 0 saturated heterocycles. The van der Waals surface area contributed by atoms with Crippen molar-refractivity contribution in [3.63, 3.8) is 0 Å². The first-order valence-corrected chi connectivity index (χ1v) is 5.68. The van der Waals surface area contributed by atoms with E-state index in [1.54, 1.807) is 38.5 Å². The molecule has 0 bridgehead atoms. The Labute approximate surface area is 106 Å². The first-order valence-electron chi connectivity index (χ1n) is 5.68. The number of nitrogens with zero attached hydrogens (tertiary/aromatic N) is 2. The van der Waals surface area contributed by atoms with Gasteiger partial charge in [-0.15, -0.1) is 0 Å². The third kappa shape index (κ3) is 4.50. The van der Waals surface area contributed by atoms with Crippen LogP contribution in [0.1, 0.15) is 12.8 Å². The number of nitrogens with one attached hydrogen (secondary N) is 1. The minimum atomic E-state index is -0.712. The highest BCUT2D eigenvalue weighted by atomic mass is 16.2. The fraction of sp³-hybridized carbons (Fsp3) is 0.417. The molecule has 6 nitrogen and oxygen atoms in total. The Morgan fingerprint density at radius 3 is 2.72 bits per heavy atom. The van der Waals surface area contributed by atoms with Gasteiger partial charge in [0.1, 0.15) is 5.82 Å². The van der Waals surface area contributed by atoms with Gasteiger partial charge in [-0.3, -0.25) is 9.59 Å². The van der Waals surface area contributed by atoms with Crippen LogP contribution in [0.3, 0.4) is 0 Å². The van der Waals surface area contributed by atoms with Crippen molar-refractivity contribution in [1.29, 1.82) is 0 Å². The number of carbonyl (C=O) groups is 2. The average molecular weight is 250 g/mol. The summed E-state index contributed by atoms with van der Waals surface area (Å²) >= 11 is 0. The first-order chi connectivity index (χ1) is 8.50. The Morgan fingerprint density at radius 2 is 2.17 bits per heavy atom. The van der Waals surface area contributed by atoms with Crippen LogP contribution in [0.2, 0.25) is 0 Å². The molecule has 1 heterocycles. The summed E-state index contributed by atoms with van der Waals surface area (Å²) in [5.41, 5.74) is 5.70. The molecule has 1 rings (SSSR count). The predicted octanol–water partition coefficient (Wildman–Crippen LogP) is 0.216. The van der Waals surface area contributed by atoms with Crippen LogP contribution in [0.25, 0.3) is 0 Å². The van der Waals surface area contributed by atoms with Crippen molar-refractivity contribution in [3.05, 3.63) is 24.4 Å². The van der Waals surface area contributed by atoms with Crippen molar-refractivity contribution in [2.45, 2.75) is 18.9 Å². The van der Waals surface area contributed by atoms with Gasteiger partial charge in [0, 0.05) is 26.7 Å². The monoisotopic (exact) mass is 250 g/mol. The largest absolute Gasteiger partial charge is 0.349 e. The average Bonchev–Trinajstić information content (AvgIpc) is 2.36. The number of carbonyl (C=O) groups excluding carboxylic acids is 2. The number of hydrogen-bond donors (Lipinski definition) is 2. The molecule has 2 amide bonds. The molecule has 18 heavy (non-hydrogen) atoms. The molecule has 0 aliphatic heterocycles. The molecule has 0 spiro atoms. The van der Waals surface area contributed by atoms with E-state index in [1.807, 2.05) is 0 Å². The van der Waals surface area contributed by atoms with Crippen molar-refractivity contribution in [2.24, 2.45) is 5.73 Å². The third-order valence-electron chi connectivity index (χ3n) is 2.42. The first kappa shape index (κ1) is 14.1. The normalized spacial score (nSPS) is 11.7. The number of amides is 2. The van der Waals surface area contributed by atoms with E-state index in [1.165, 1.54) is 4.90 Å². The standard InChI is InChI=1S/C12H18N4O2/c1-16(2)11(17)7-6-9(13)12(18)15-10-5-3-4-8-14-10/h3-5,8-9H,6-7,13H2,1-2H3,(H,14,15,18)/t9-/m0/s1. The molecule has 98 valence electrons. The Morgan fingerprint density at radius 1 is 1.44 bits per heavy atom. The van der Waals surface area contributed by atoms with E-state index in [2.05, 4.69) is 10.3 Å². The zero-order valence-corrected chi connectivity index (χ0v) is 10.6. The number of nitrogens with two attached hydrogens (primary N) is 1. The molecule has 0 saturated carbocycles. The van der Waals surface area contributed by atoms with Crippen LogP contribution in [-0.4, -0.2) is 41.8 Å². The Balaban J connectivity index is 2.40. The molecule has 0 unspecified atom stereocenters. The van der Waals surface area contributed by atoms with E-state index in [4.69, 9.17) is 5.73 Å². The molecule has 0 aliphatic rings. The van der Waals surface area contributed by atoms with Gasteiger partial charge in [0.15, 0.2) is 0 Å². The van der Waals surface area contributed by atoms with E-state index < -0.39 is 6.04 Å². The van der Waals surface area contributed by atoms with Gasteiger partial charge in [-0.1, -0.05) is 6.07 Å². The van der Waals surface area contributed by atoms with Crippen molar-refractivity contribution in [3.8, 4) is 0 Å². The summed E-state index contributed by atoms with van der Waals surface area (Å²) in [7, 11) is 3.34. The van der Waals surface area contributed by atoms with Crippen LogP contribution in [-0.2, 0) is 9.59 Å². The summed E-state index contributed by atoms with van der Waals surface area (Å²) in [6.45, 7) is 0. The number of anilines is 1. The zero-order valence-electron chi connectivity index (χ0n) is 10.6. The lowest BCUT2D eigenvalue weighted by Gasteiger charge is -2.13. The molecular weight excluding hydrogens is 232 g/mol.